The van der Waals surface area contributed by atoms with Gasteiger partial charge in [-0.2, -0.15) is 0 Å². The molecular formula is C23H33IN4O2. The van der Waals surface area contributed by atoms with Crippen molar-refractivity contribution in [2.75, 3.05) is 34.3 Å². The highest BCUT2D eigenvalue weighted by Gasteiger charge is 2.08. The predicted molar refractivity (Wildman–Crippen MR) is 134 cm³/mol. The maximum Gasteiger partial charge on any atom is 0.259 e. The van der Waals surface area contributed by atoms with Crippen LogP contribution in [0, 0.1) is 6.92 Å². The lowest BCUT2D eigenvalue weighted by atomic mass is 10.0. The molecule has 0 aliphatic heterocycles. The van der Waals surface area contributed by atoms with E-state index in [1.807, 2.05) is 24.3 Å². The number of guanidine groups is 1. The van der Waals surface area contributed by atoms with Crippen molar-refractivity contribution in [2.45, 2.75) is 26.3 Å². The summed E-state index contributed by atoms with van der Waals surface area (Å²) in [5.41, 5.74) is 3.62. The fourth-order valence-electron chi connectivity index (χ4n) is 2.69. The summed E-state index contributed by atoms with van der Waals surface area (Å²) in [4.78, 5) is 17.5. The largest absolute Gasteiger partial charge is 0.484 e. The summed E-state index contributed by atoms with van der Waals surface area (Å²) in [5.74, 6) is 1.73. The Labute approximate surface area is 197 Å². The molecule has 0 aliphatic rings. The summed E-state index contributed by atoms with van der Waals surface area (Å²) in [6, 6.07) is 16.3. The summed E-state index contributed by atoms with van der Waals surface area (Å²) in [5, 5.41) is 6.70. The third kappa shape index (κ3) is 8.61. The summed E-state index contributed by atoms with van der Waals surface area (Å²) in [6.07, 6.45) is 0. The molecule has 30 heavy (non-hydrogen) atoms. The van der Waals surface area contributed by atoms with Gasteiger partial charge in [0.2, 0.25) is 0 Å². The minimum atomic E-state index is -0.0687. The number of hydrogen-bond acceptors (Lipinski definition) is 3. The van der Waals surface area contributed by atoms with Crippen molar-refractivity contribution in [2.24, 2.45) is 4.99 Å². The smallest absolute Gasteiger partial charge is 0.259 e. The van der Waals surface area contributed by atoms with Gasteiger partial charge in [-0.25, -0.2) is 0 Å². The van der Waals surface area contributed by atoms with Crippen LogP contribution in [0.3, 0.4) is 0 Å². The first-order chi connectivity index (χ1) is 13.9. The number of aliphatic imine (C=N–C) groups is 1. The molecule has 0 saturated carbocycles. The molecule has 2 aromatic carbocycles. The highest BCUT2D eigenvalue weighted by Crippen LogP contribution is 2.15. The fourth-order valence-corrected chi connectivity index (χ4v) is 2.69. The van der Waals surface area contributed by atoms with Crippen molar-refractivity contribution in [3.05, 3.63) is 65.2 Å². The Morgan fingerprint density at radius 3 is 2.47 bits per heavy atom. The topological polar surface area (TPSA) is 66.0 Å². The number of carbonyl (C=O) groups excluding carboxylic acids is 1. The number of carbonyl (C=O) groups is 1. The van der Waals surface area contributed by atoms with E-state index < -0.39 is 0 Å². The average Bonchev–Trinajstić information content (AvgIpc) is 2.72. The minimum Gasteiger partial charge on any atom is -0.484 e. The molecule has 0 aromatic heterocycles. The molecule has 1 unspecified atom stereocenters. The van der Waals surface area contributed by atoms with Crippen molar-refractivity contribution in [3.8, 4) is 5.75 Å². The van der Waals surface area contributed by atoms with Crippen molar-refractivity contribution < 1.29 is 9.53 Å². The van der Waals surface area contributed by atoms with Gasteiger partial charge in [-0.3, -0.25) is 9.79 Å². The molecule has 1 amide bonds. The molecule has 0 bridgehead atoms. The third-order valence-corrected chi connectivity index (χ3v) is 4.67. The Balaban J connectivity index is 0.00000450. The lowest BCUT2D eigenvalue weighted by molar-refractivity contribution is -0.130. The molecule has 0 spiro atoms. The number of aryl methyl sites for hydroxylation is 1. The van der Waals surface area contributed by atoms with Crippen LogP contribution in [0.25, 0.3) is 0 Å². The van der Waals surface area contributed by atoms with E-state index in [0.717, 1.165) is 18.1 Å². The molecule has 0 radical (unpaired) electrons. The Bertz CT molecular complexity index is 822. The molecule has 2 aromatic rings. The van der Waals surface area contributed by atoms with E-state index in [1.54, 1.807) is 21.1 Å². The zero-order chi connectivity index (χ0) is 21.2. The molecule has 0 saturated heterocycles. The van der Waals surface area contributed by atoms with Gasteiger partial charge in [0.1, 0.15) is 5.75 Å². The van der Waals surface area contributed by atoms with Gasteiger partial charge in [-0.1, -0.05) is 48.9 Å². The van der Waals surface area contributed by atoms with Gasteiger partial charge in [0.05, 0.1) is 0 Å². The van der Waals surface area contributed by atoms with Crippen LogP contribution in [0.5, 0.6) is 5.75 Å². The first-order valence-corrected chi connectivity index (χ1v) is 9.82. The SMILES string of the molecule is CN=C(NCc1cccc(OCC(=O)N(C)C)c1)NCC(C)c1ccc(C)cc1.I. The zero-order valence-corrected chi connectivity index (χ0v) is 20.8. The Morgan fingerprint density at radius 1 is 1.13 bits per heavy atom. The van der Waals surface area contributed by atoms with Crippen molar-refractivity contribution in [1.29, 1.82) is 0 Å². The number of benzene rings is 2. The molecular weight excluding hydrogens is 491 g/mol. The van der Waals surface area contributed by atoms with Crippen LogP contribution in [-0.4, -0.2) is 51.1 Å². The standard InChI is InChI=1S/C23H32N4O2.HI/c1-17-9-11-20(12-10-17)18(2)14-25-23(24-3)26-15-19-7-6-8-21(13-19)29-16-22(28)27(4)5;/h6-13,18H,14-16H2,1-5H3,(H2,24,25,26);1H. The number of halogens is 1. The van der Waals surface area contributed by atoms with Crippen LogP contribution in [0.1, 0.15) is 29.5 Å². The van der Waals surface area contributed by atoms with Gasteiger partial charge in [-0.05, 0) is 36.1 Å². The molecule has 2 N–H and O–H groups in total. The van der Waals surface area contributed by atoms with Crippen LogP contribution >= 0.6 is 24.0 Å². The van der Waals surface area contributed by atoms with Crippen LogP contribution in [0.2, 0.25) is 0 Å². The van der Waals surface area contributed by atoms with E-state index in [2.05, 4.69) is 53.7 Å². The summed E-state index contributed by atoms with van der Waals surface area (Å²) < 4.78 is 5.57. The van der Waals surface area contributed by atoms with Crippen LogP contribution in [-0.2, 0) is 11.3 Å². The quantitative estimate of drug-likeness (QED) is 0.315. The van der Waals surface area contributed by atoms with Crippen molar-refractivity contribution in [3.63, 3.8) is 0 Å². The van der Waals surface area contributed by atoms with E-state index in [9.17, 15) is 4.79 Å². The van der Waals surface area contributed by atoms with Crippen LogP contribution < -0.4 is 15.4 Å². The molecule has 164 valence electrons. The van der Waals surface area contributed by atoms with Crippen molar-refractivity contribution >= 4 is 35.8 Å². The van der Waals surface area contributed by atoms with Gasteiger partial charge in [0.25, 0.3) is 5.91 Å². The maximum absolute atomic E-state index is 11.7. The molecule has 0 aliphatic carbocycles. The molecule has 1 atom stereocenters. The lowest BCUT2D eigenvalue weighted by Gasteiger charge is -2.17. The van der Waals surface area contributed by atoms with E-state index in [1.165, 1.54) is 16.0 Å². The number of nitrogens with zero attached hydrogens (tertiary/aromatic N) is 2. The van der Waals surface area contributed by atoms with E-state index >= 15 is 0 Å². The predicted octanol–water partition coefficient (Wildman–Crippen LogP) is 3.55. The van der Waals surface area contributed by atoms with Gasteiger partial charge in [0, 0.05) is 34.2 Å². The number of amides is 1. The van der Waals surface area contributed by atoms with Crippen molar-refractivity contribution in [1.82, 2.24) is 15.5 Å². The first kappa shape index (κ1) is 25.7. The van der Waals surface area contributed by atoms with Crippen LogP contribution in [0.4, 0.5) is 0 Å². The van der Waals surface area contributed by atoms with Gasteiger partial charge < -0.3 is 20.3 Å². The summed E-state index contributed by atoms with van der Waals surface area (Å²) in [7, 11) is 5.19. The molecule has 7 heteroatoms. The second-order valence-electron chi connectivity index (χ2n) is 7.34. The van der Waals surface area contributed by atoms with Gasteiger partial charge >= 0.3 is 0 Å². The monoisotopic (exact) mass is 524 g/mol. The normalized spacial score (nSPS) is 11.8. The first-order valence-electron chi connectivity index (χ1n) is 9.82. The van der Waals surface area contributed by atoms with Gasteiger partial charge in [0.15, 0.2) is 12.6 Å². The summed E-state index contributed by atoms with van der Waals surface area (Å²) in [6.45, 7) is 5.72. The van der Waals surface area contributed by atoms with Crippen LogP contribution in [0.15, 0.2) is 53.5 Å². The third-order valence-electron chi connectivity index (χ3n) is 4.67. The molecule has 0 heterocycles. The maximum atomic E-state index is 11.7. The number of rotatable bonds is 8. The number of hydrogen-bond donors (Lipinski definition) is 2. The highest BCUT2D eigenvalue weighted by atomic mass is 127. The number of nitrogens with one attached hydrogen (secondary N) is 2. The Hall–Kier alpha value is -2.29. The highest BCUT2D eigenvalue weighted by molar-refractivity contribution is 14.0. The Kier molecular flexibility index (Phi) is 11.2. The van der Waals surface area contributed by atoms with Gasteiger partial charge in [-0.15, -0.1) is 24.0 Å². The molecule has 6 nitrogen and oxygen atoms in total. The molecule has 0 fully saturated rings. The Morgan fingerprint density at radius 2 is 1.83 bits per heavy atom. The second-order valence-corrected chi connectivity index (χ2v) is 7.34. The zero-order valence-electron chi connectivity index (χ0n) is 18.4. The van der Waals surface area contributed by atoms with E-state index in [-0.39, 0.29) is 36.5 Å². The average molecular weight is 524 g/mol. The molecule has 2 rings (SSSR count). The minimum absolute atomic E-state index is 0. The van der Waals surface area contributed by atoms with E-state index in [0.29, 0.717) is 18.2 Å². The second kappa shape index (κ2) is 13.1. The number of likely N-dealkylation sites (N-methyl/N-ethyl adjacent to an activating group) is 1. The fraction of sp³-hybridized carbons (Fsp3) is 0.391. The number of ether oxygens (including phenoxy) is 1. The van der Waals surface area contributed by atoms with E-state index in [4.69, 9.17) is 4.74 Å². The summed E-state index contributed by atoms with van der Waals surface area (Å²) >= 11 is 0. The lowest BCUT2D eigenvalue weighted by Crippen LogP contribution is -2.38.